The molecule has 0 bridgehead atoms. The Labute approximate surface area is 111 Å². The van der Waals surface area contributed by atoms with E-state index in [4.69, 9.17) is 5.11 Å². The number of nitrogens with zero attached hydrogens (tertiary/aromatic N) is 2. The van der Waals surface area contributed by atoms with Crippen LogP contribution in [0, 0.1) is 0 Å². The van der Waals surface area contributed by atoms with Gasteiger partial charge in [0.05, 0.1) is 6.61 Å². The van der Waals surface area contributed by atoms with Crippen molar-refractivity contribution >= 4 is 5.91 Å². The van der Waals surface area contributed by atoms with Crippen molar-refractivity contribution in [3.05, 3.63) is 0 Å². The number of hydrogen-bond donors (Lipinski definition) is 1. The Bertz CT molecular complexity index is 240. The number of amides is 1. The van der Waals surface area contributed by atoms with Gasteiger partial charge in [0.2, 0.25) is 5.91 Å². The first-order valence-electron chi connectivity index (χ1n) is 7.28. The van der Waals surface area contributed by atoms with Crippen molar-refractivity contribution < 1.29 is 9.90 Å². The average molecular weight is 256 g/mol. The van der Waals surface area contributed by atoms with Crippen LogP contribution in [-0.4, -0.2) is 60.1 Å². The van der Waals surface area contributed by atoms with Gasteiger partial charge in [-0.05, 0) is 19.8 Å². The minimum Gasteiger partial charge on any atom is -0.395 e. The van der Waals surface area contributed by atoms with E-state index < -0.39 is 0 Å². The number of rotatable bonds is 7. The summed E-state index contributed by atoms with van der Waals surface area (Å²) in [6.07, 6.45) is 6.92. The predicted octanol–water partition coefficient (Wildman–Crippen LogP) is 1.48. The van der Waals surface area contributed by atoms with Crippen LogP contribution < -0.4 is 0 Å². The fraction of sp³-hybridized carbons (Fsp3) is 0.929. The van der Waals surface area contributed by atoms with Crippen LogP contribution in [-0.2, 0) is 4.79 Å². The predicted molar refractivity (Wildman–Crippen MR) is 73.5 cm³/mol. The fourth-order valence-electron chi connectivity index (χ4n) is 2.66. The van der Waals surface area contributed by atoms with Gasteiger partial charge >= 0.3 is 0 Å². The minimum absolute atomic E-state index is 0.189. The van der Waals surface area contributed by atoms with E-state index in [1.165, 1.54) is 32.1 Å². The molecule has 4 nitrogen and oxygen atoms in total. The number of carbonyl (C=O) groups is 1. The van der Waals surface area contributed by atoms with E-state index in [-0.39, 0.29) is 12.5 Å². The van der Waals surface area contributed by atoms with E-state index in [9.17, 15) is 4.79 Å². The lowest BCUT2D eigenvalue weighted by Crippen LogP contribution is -2.41. The molecule has 4 heteroatoms. The lowest BCUT2D eigenvalue weighted by Gasteiger charge is -2.34. The van der Waals surface area contributed by atoms with Crippen LogP contribution >= 0.6 is 0 Å². The van der Waals surface area contributed by atoms with Gasteiger partial charge in [0, 0.05) is 39.1 Å². The third-order valence-corrected chi connectivity index (χ3v) is 3.99. The first-order valence-corrected chi connectivity index (χ1v) is 7.28. The Morgan fingerprint density at radius 3 is 2.44 bits per heavy atom. The summed E-state index contributed by atoms with van der Waals surface area (Å²) in [7, 11) is 1.85. The van der Waals surface area contributed by atoms with E-state index in [1.807, 2.05) is 14.0 Å². The molecule has 0 unspecified atom stereocenters. The van der Waals surface area contributed by atoms with Gasteiger partial charge in [0.25, 0.3) is 0 Å². The molecule has 0 spiro atoms. The first-order chi connectivity index (χ1) is 8.69. The highest BCUT2D eigenvalue weighted by Crippen LogP contribution is 2.22. The smallest absolute Gasteiger partial charge is 0.223 e. The lowest BCUT2D eigenvalue weighted by molar-refractivity contribution is -0.130. The quantitative estimate of drug-likeness (QED) is 0.750. The van der Waals surface area contributed by atoms with Crippen molar-refractivity contribution in [2.75, 3.05) is 33.3 Å². The summed E-state index contributed by atoms with van der Waals surface area (Å²) in [6.45, 7) is 4.43. The zero-order valence-corrected chi connectivity index (χ0v) is 11.9. The van der Waals surface area contributed by atoms with E-state index in [1.54, 1.807) is 4.90 Å². The molecular formula is C14H28N2O2. The molecule has 0 aromatic heterocycles. The molecule has 1 fully saturated rings. The summed E-state index contributed by atoms with van der Waals surface area (Å²) in [4.78, 5) is 15.9. The Morgan fingerprint density at radius 2 is 1.89 bits per heavy atom. The molecule has 1 aliphatic rings. The van der Waals surface area contributed by atoms with Crippen LogP contribution in [0.5, 0.6) is 0 Å². The first kappa shape index (κ1) is 15.4. The van der Waals surface area contributed by atoms with Gasteiger partial charge in [-0.25, -0.2) is 0 Å². The van der Waals surface area contributed by atoms with Crippen molar-refractivity contribution in [2.24, 2.45) is 0 Å². The molecule has 0 aliphatic heterocycles. The molecule has 0 heterocycles. The molecule has 106 valence electrons. The van der Waals surface area contributed by atoms with Gasteiger partial charge < -0.3 is 10.0 Å². The van der Waals surface area contributed by atoms with Crippen LogP contribution in [0.3, 0.4) is 0 Å². The topological polar surface area (TPSA) is 43.8 Å². The van der Waals surface area contributed by atoms with Crippen molar-refractivity contribution in [1.82, 2.24) is 9.80 Å². The highest BCUT2D eigenvalue weighted by atomic mass is 16.3. The third-order valence-electron chi connectivity index (χ3n) is 3.99. The molecule has 0 aromatic carbocycles. The van der Waals surface area contributed by atoms with Gasteiger partial charge in [0.1, 0.15) is 0 Å². The lowest BCUT2D eigenvalue weighted by atomic mass is 9.94. The van der Waals surface area contributed by atoms with Crippen molar-refractivity contribution in [3.63, 3.8) is 0 Å². The summed E-state index contributed by atoms with van der Waals surface area (Å²) in [5, 5.41) is 9.15. The normalized spacial score (nSPS) is 17.1. The second-order valence-corrected chi connectivity index (χ2v) is 5.21. The maximum absolute atomic E-state index is 11.8. The maximum Gasteiger partial charge on any atom is 0.223 e. The summed E-state index contributed by atoms with van der Waals surface area (Å²) >= 11 is 0. The molecule has 1 rings (SSSR count). The zero-order chi connectivity index (χ0) is 13.4. The summed E-state index contributed by atoms with van der Waals surface area (Å²) in [6, 6.07) is 0.575. The van der Waals surface area contributed by atoms with E-state index in [0.717, 1.165) is 13.1 Å². The summed E-state index contributed by atoms with van der Waals surface area (Å²) in [5.74, 6) is 0.205. The largest absolute Gasteiger partial charge is 0.395 e. The van der Waals surface area contributed by atoms with E-state index >= 15 is 0 Å². The van der Waals surface area contributed by atoms with Crippen molar-refractivity contribution in [2.45, 2.75) is 51.5 Å². The Kier molecular flexibility index (Phi) is 7.28. The van der Waals surface area contributed by atoms with Gasteiger partial charge in [0.15, 0.2) is 0 Å². The molecule has 0 saturated heterocycles. The average Bonchev–Trinajstić information content (AvgIpc) is 2.43. The second-order valence-electron chi connectivity index (χ2n) is 5.21. The zero-order valence-electron chi connectivity index (χ0n) is 11.9. The molecule has 1 saturated carbocycles. The Balaban J connectivity index is 2.39. The van der Waals surface area contributed by atoms with E-state index in [0.29, 0.717) is 19.0 Å². The van der Waals surface area contributed by atoms with Crippen LogP contribution in [0.4, 0.5) is 0 Å². The molecular weight excluding hydrogens is 228 g/mol. The van der Waals surface area contributed by atoms with Gasteiger partial charge in [-0.15, -0.1) is 0 Å². The third kappa shape index (κ3) is 4.94. The number of hydrogen-bond acceptors (Lipinski definition) is 3. The summed E-state index contributed by atoms with van der Waals surface area (Å²) < 4.78 is 0. The number of aliphatic hydroxyl groups is 1. The van der Waals surface area contributed by atoms with Crippen molar-refractivity contribution in [3.8, 4) is 0 Å². The SMILES string of the molecule is CCN(C)C(=O)CCN(CCO)C1CCCCC1. The number of carbonyl (C=O) groups excluding carboxylic acids is 1. The molecule has 0 aromatic rings. The summed E-state index contributed by atoms with van der Waals surface area (Å²) in [5.41, 5.74) is 0. The van der Waals surface area contributed by atoms with Gasteiger partial charge in [-0.1, -0.05) is 19.3 Å². The monoisotopic (exact) mass is 256 g/mol. The molecule has 1 N–H and O–H groups in total. The van der Waals surface area contributed by atoms with Crippen LogP contribution in [0.25, 0.3) is 0 Å². The molecule has 0 atom stereocenters. The van der Waals surface area contributed by atoms with Crippen molar-refractivity contribution in [1.29, 1.82) is 0 Å². The van der Waals surface area contributed by atoms with Crippen LogP contribution in [0.15, 0.2) is 0 Å². The molecule has 1 amide bonds. The van der Waals surface area contributed by atoms with Gasteiger partial charge in [-0.3, -0.25) is 9.69 Å². The Hall–Kier alpha value is -0.610. The highest BCUT2D eigenvalue weighted by Gasteiger charge is 2.21. The molecule has 0 radical (unpaired) electrons. The number of aliphatic hydroxyl groups excluding tert-OH is 1. The van der Waals surface area contributed by atoms with E-state index in [2.05, 4.69) is 4.90 Å². The fourth-order valence-corrected chi connectivity index (χ4v) is 2.66. The minimum atomic E-state index is 0.189. The maximum atomic E-state index is 11.8. The molecule has 1 aliphatic carbocycles. The van der Waals surface area contributed by atoms with Crippen LogP contribution in [0.1, 0.15) is 45.4 Å². The standard InChI is InChI=1S/C14H28N2O2/c1-3-15(2)14(18)9-10-16(11-12-17)13-7-5-4-6-8-13/h13,17H,3-12H2,1-2H3. The van der Waals surface area contributed by atoms with Crippen LogP contribution in [0.2, 0.25) is 0 Å². The second kappa shape index (κ2) is 8.48. The highest BCUT2D eigenvalue weighted by molar-refractivity contribution is 5.75. The Morgan fingerprint density at radius 1 is 1.22 bits per heavy atom. The van der Waals surface area contributed by atoms with Gasteiger partial charge in [-0.2, -0.15) is 0 Å². The molecule has 18 heavy (non-hydrogen) atoms.